The van der Waals surface area contributed by atoms with Crippen LogP contribution in [0.2, 0.25) is 0 Å². The number of piperidine rings is 1. The molecule has 2 fully saturated rings. The highest BCUT2D eigenvalue weighted by Crippen LogP contribution is 2.23. The number of nitrogens with one attached hydrogen (secondary N) is 3. The molecule has 0 aromatic heterocycles. The van der Waals surface area contributed by atoms with Crippen molar-refractivity contribution >= 4 is 35.8 Å². The maximum atomic E-state index is 12.2. The van der Waals surface area contributed by atoms with E-state index in [0.717, 1.165) is 25.3 Å². The van der Waals surface area contributed by atoms with Crippen molar-refractivity contribution in [2.45, 2.75) is 71.3 Å². The molecule has 158 valence electrons. The maximum Gasteiger partial charge on any atom is 0.223 e. The van der Waals surface area contributed by atoms with Gasteiger partial charge in [-0.3, -0.25) is 9.79 Å². The van der Waals surface area contributed by atoms with Gasteiger partial charge in [0.1, 0.15) is 0 Å². The average molecular weight is 493 g/mol. The second-order valence-electron chi connectivity index (χ2n) is 7.65. The zero-order chi connectivity index (χ0) is 18.6. The molecule has 1 saturated carbocycles. The summed E-state index contributed by atoms with van der Waals surface area (Å²) in [5, 5.41) is 9.97. The molecule has 1 aliphatic heterocycles. The number of carbonyl (C=O) groups excluding carboxylic acids is 1. The van der Waals surface area contributed by atoms with Crippen molar-refractivity contribution in [3.05, 3.63) is 0 Å². The Morgan fingerprint density at radius 2 is 1.74 bits per heavy atom. The largest absolute Gasteiger partial charge is 0.357 e. The maximum absolute atomic E-state index is 12.2. The Kier molecular flexibility index (Phi) is 13.1. The fraction of sp³-hybridized carbons (Fsp3) is 0.900. The standard InChI is InChI=1S/C20H39N5O.HI/c1-3-14-25-15-10-18(11-16-25)24-20(21-4-2)23-13-12-22-19(26)17-8-6-5-7-9-17;/h17-18H,3-16H2,1-2H3,(H,22,26)(H2,21,23,24);1H. The molecular weight excluding hydrogens is 453 g/mol. The van der Waals surface area contributed by atoms with Crippen LogP contribution in [0.4, 0.5) is 0 Å². The van der Waals surface area contributed by atoms with E-state index in [-0.39, 0.29) is 35.8 Å². The molecule has 6 nitrogen and oxygen atoms in total. The highest BCUT2D eigenvalue weighted by Gasteiger charge is 2.21. The normalized spacial score (nSPS) is 20.0. The monoisotopic (exact) mass is 493 g/mol. The summed E-state index contributed by atoms with van der Waals surface area (Å²) in [5.74, 6) is 1.34. The lowest BCUT2D eigenvalue weighted by Gasteiger charge is -2.32. The number of guanidine groups is 1. The van der Waals surface area contributed by atoms with Gasteiger partial charge in [0.2, 0.25) is 5.91 Å². The minimum absolute atomic E-state index is 0. The van der Waals surface area contributed by atoms with Crippen molar-refractivity contribution < 1.29 is 4.79 Å². The molecule has 2 aliphatic rings. The molecule has 3 N–H and O–H groups in total. The molecule has 1 heterocycles. The Morgan fingerprint density at radius 1 is 1.04 bits per heavy atom. The summed E-state index contributed by atoms with van der Waals surface area (Å²) in [6.07, 6.45) is 9.35. The zero-order valence-electron chi connectivity index (χ0n) is 17.3. The van der Waals surface area contributed by atoms with E-state index in [4.69, 9.17) is 0 Å². The first-order valence-corrected chi connectivity index (χ1v) is 10.8. The van der Waals surface area contributed by atoms with Gasteiger partial charge in [-0.15, -0.1) is 24.0 Å². The van der Waals surface area contributed by atoms with Gasteiger partial charge in [-0.25, -0.2) is 0 Å². The SMILES string of the molecule is CCCN1CCC(NC(=NCCNC(=O)C2CCCCC2)NCC)CC1.I. The summed E-state index contributed by atoms with van der Waals surface area (Å²) in [7, 11) is 0. The smallest absolute Gasteiger partial charge is 0.223 e. The van der Waals surface area contributed by atoms with E-state index in [0.29, 0.717) is 19.1 Å². The number of nitrogens with zero attached hydrogens (tertiary/aromatic N) is 2. The predicted molar refractivity (Wildman–Crippen MR) is 124 cm³/mol. The highest BCUT2D eigenvalue weighted by molar-refractivity contribution is 14.0. The van der Waals surface area contributed by atoms with Crippen LogP contribution in [-0.2, 0) is 4.79 Å². The molecule has 0 bridgehead atoms. The van der Waals surface area contributed by atoms with Crippen LogP contribution in [0.15, 0.2) is 4.99 Å². The minimum atomic E-state index is 0. The van der Waals surface area contributed by atoms with E-state index in [9.17, 15) is 4.79 Å². The number of hydrogen-bond acceptors (Lipinski definition) is 3. The molecule has 1 aliphatic carbocycles. The molecule has 2 rings (SSSR count). The van der Waals surface area contributed by atoms with Crippen molar-refractivity contribution in [2.75, 3.05) is 39.3 Å². The van der Waals surface area contributed by atoms with E-state index >= 15 is 0 Å². The Bertz CT molecular complexity index is 432. The summed E-state index contributed by atoms with van der Waals surface area (Å²) in [5.41, 5.74) is 0. The molecular formula is C20H40IN5O. The lowest BCUT2D eigenvalue weighted by molar-refractivity contribution is -0.125. The molecule has 1 amide bonds. The summed E-state index contributed by atoms with van der Waals surface area (Å²) in [6.45, 7) is 9.99. The third-order valence-electron chi connectivity index (χ3n) is 5.47. The molecule has 0 radical (unpaired) electrons. The first-order chi connectivity index (χ1) is 12.7. The van der Waals surface area contributed by atoms with E-state index in [1.54, 1.807) is 0 Å². The lowest BCUT2D eigenvalue weighted by atomic mass is 9.89. The first-order valence-electron chi connectivity index (χ1n) is 10.8. The van der Waals surface area contributed by atoms with Gasteiger partial charge in [-0.05, 0) is 45.6 Å². The van der Waals surface area contributed by atoms with E-state index < -0.39 is 0 Å². The van der Waals surface area contributed by atoms with Crippen molar-refractivity contribution in [3.8, 4) is 0 Å². The van der Waals surface area contributed by atoms with Crippen LogP contribution in [0.3, 0.4) is 0 Å². The molecule has 0 aromatic rings. The number of halogens is 1. The summed E-state index contributed by atoms with van der Waals surface area (Å²) >= 11 is 0. The second kappa shape index (κ2) is 14.4. The number of hydrogen-bond donors (Lipinski definition) is 3. The van der Waals surface area contributed by atoms with Gasteiger partial charge < -0.3 is 20.9 Å². The summed E-state index contributed by atoms with van der Waals surface area (Å²) in [4.78, 5) is 19.4. The molecule has 1 saturated heterocycles. The molecule has 0 spiro atoms. The Hall–Kier alpha value is -0.570. The third-order valence-corrected chi connectivity index (χ3v) is 5.47. The van der Waals surface area contributed by atoms with Gasteiger partial charge in [0, 0.05) is 38.1 Å². The van der Waals surface area contributed by atoms with Crippen LogP contribution in [0.1, 0.15) is 65.2 Å². The highest BCUT2D eigenvalue weighted by atomic mass is 127. The molecule has 0 unspecified atom stereocenters. The van der Waals surface area contributed by atoms with Crippen molar-refractivity contribution in [1.29, 1.82) is 0 Å². The number of carbonyl (C=O) groups is 1. The van der Waals surface area contributed by atoms with Crippen LogP contribution in [0.5, 0.6) is 0 Å². The van der Waals surface area contributed by atoms with Crippen LogP contribution < -0.4 is 16.0 Å². The van der Waals surface area contributed by atoms with Crippen molar-refractivity contribution in [1.82, 2.24) is 20.9 Å². The third kappa shape index (κ3) is 9.45. The van der Waals surface area contributed by atoms with Gasteiger partial charge >= 0.3 is 0 Å². The second-order valence-corrected chi connectivity index (χ2v) is 7.65. The van der Waals surface area contributed by atoms with Gasteiger partial charge in [-0.1, -0.05) is 26.2 Å². The Morgan fingerprint density at radius 3 is 2.37 bits per heavy atom. The Balaban J connectivity index is 0.00000364. The topological polar surface area (TPSA) is 68.8 Å². The quantitative estimate of drug-likeness (QED) is 0.211. The van der Waals surface area contributed by atoms with E-state index in [2.05, 4.69) is 39.7 Å². The molecule has 0 aromatic carbocycles. The summed E-state index contributed by atoms with van der Waals surface area (Å²) in [6, 6.07) is 0.498. The van der Waals surface area contributed by atoms with Crippen molar-refractivity contribution in [3.63, 3.8) is 0 Å². The molecule has 7 heteroatoms. The zero-order valence-corrected chi connectivity index (χ0v) is 19.6. The lowest BCUT2D eigenvalue weighted by Crippen LogP contribution is -2.49. The van der Waals surface area contributed by atoms with Crippen LogP contribution in [0.25, 0.3) is 0 Å². The predicted octanol–water partition coefficient (Wildman–Crippen LogP) is 2.73. The Labute approximate surface area is 182 Å². The first kappa shape index (κ1) is 24.5. The van der Waals surface area contributed by atoms with E-state index in [1.807, 2.05) is 0 Å². The number of amides is 1. The molecule has 27 heavy (non-hydrogen) atoms. The van der Waals surface area contributed by atoms with Gasteiger partial charge in [0.15, 0.2) is 5.96 Å². The number of aliphatic imine (C=N–C) groups is 1. The van der Waals surface area contributed by atoms with Crippen LogP contribution in [0, 0.1) is 5.92 Å². The van der Waals surface area contributed by atoms with Crippen molar-refractivity contribution in [2.24, 2.45) is 10.9 Å². The summed E-state index contributed by atoms with van der Waals surface area (Å²) < 4.78 is 0. The number of rotatable bonds is 8. The van der Waals surface area contributed by atoms with Gasteiger partial charge in [-0.2, -0.15) is 0 Å². The average Bonchev–Trinajstić information content (AvgIpc) is 2.67. The number of likely N-dealkylation sites (tertiary alicyclic amines) is 1. The van der Waals surface area contributed by atoms with E-state index in [1.165, 1.54) is 58.2 Å². The molecule has 0 atom stereocenters. The van der Waals surface area contributed by atoms with Gasteiger partial charge in [0.05, 0.1) is 6.54 Å². The minimum Gasteiger partial charge on any atom is -0.357 e. The van der Waals surface area contributed by atoms with Crippen LogP contribution in [-0.4, -0.2) is 62.1 Å². The fourth-order valence-electron chi connectivity index (χ4n) is 3.99. The van der Waals surface area contributed by atoms with Gasteiger partial charge in [0.25, 0.3) is 0 Å². The van der Waals surface area contributed by atoms with Crippen LogP contribution >= 0.6 is 24.0 Å². The fourth-order valence-corrected chi connectivity index (χ4v) is 3.99.